The smallest absolute Gasteiger partial charge is 0.267 e. The standard InChI is InChI=1S/C10H12F2O/c1-6-4-8(10(11)12)9(13-3)5-7(6)2/h4-5,10H,1-3H3. The molecule has 0 bridgehead atoms. The van der Waals surface area contributed by atoms with Crippen LogP contribution in [-0.2, 0) is 0 Å². The molecule has 1 nitrogen and oxygen atoms in total. The number of methoxy groups -OCH3 is 1. The van der Waals surface area contributed by atoms with Crippen molar-refractivity contribution in [1.82, 2.24) is 0 Å². The Morgan fingerprint density at radius 2 is 1.69 bits per heavy atom. The fourth-order valence-electron chi connectivity index (χ4n) is 1.16. The van der Waals surface area contributed by atoms with Crippen LogP contribution in [0.15, 0.2) is 12.1 Å². The second-order valence-electron chi connectivity index (χ2n) is 2.98. The Hall–Kier alpha value is -1.12. The lowest BCUT2D eigenvalue weighted by molar-refractivity contribution is 0.147. The highest BCUT2D eigenvalue weighted by Gasteiger charge is 2.14. The minimum Gasteiger partial charge on any atom is -0.496 e. The molecule has 0 saturated heterocycles. The zero-order valence-corrected chi connectivity index (χ0v) is 7.90. The van der Waals surface area contributed by atoms with Gasteiger partial charge in [-0.25, -0.2) is 8.78 Å². The summed E-state index contributed by atoms with van der Waals surface area (Å²) in [7, 11) is 1.40. The molecule has 0 aliphatic rings. The minimum atomic E-state index is -2.48. The van der Waals surface area contributed by atoms with Crippen LogP contribution >= 0.6 is 0 Å². The Kier molecular flexibility index (Phi) is 2.86. The van der Waals surface area contributed by atoms with Crippen LogP contribution in [-0.4, -0.2) is 7.11 Å². The number of hydrogen-bond acceptors (Lipinski definition) is 1. The Balaban J connectivity index is 3.25. The number of hydrogen-bond donors (Lipinski definition) is 0. The number of aryl methyl sites for hydroxylation is 2. The van der Waals surface area contributed by atoms with E-state index in [9.17, 15) is 8.78 Å². The van der Waals surface area contributed by atoms with Crippen LogP contribution in [0.25, 0.3) is 0 Å². The van der Waals surface area contributed by atoms with Crippen molar-refractivity contribution in [2.24, 2.45) is 0 Å². The molecule has 0 amide bonds. The van der Waals surface area contributed by atoms with Gasteiger partial charge >= 0.3 is 0 Å². The van der Waals surface area contributed by atoms with Crippen molar-refractivity contribution < 1.29 is 13.5 Å². The van der Waals surface area contributed by atoms with E-state index in [0.29, 0.717) is 0 Å². The summed E-state index contributed by atoms with van der Waals surface area (Å²) in [5.74, 6) is 0.262. The Bertz CT molecular complexity index is 308. The first kappa shape index (κ1) is 9.96. The van der Waals surface area contributed by atoms with Gasteiger partial charge in [-0.1, -0.05) is 0 Å². The molecule has 0 atom stereocenters. The zero-order chi connectivity index (χ0) is 10.0. The second kappa shape index (κ2) is 3.73. The summed E-state index contributed by atoms with van der Waals surface area (Å²) >= 11 is 0. The molecule has 0 aliphatic heterocycles. The quantitative estimate of drug-likeness (QED) is 0.688. The number of alkyl halides is 2. The van der Waals surface area contributed by atoms with E-state index >= 15 is 0 Å². The fraction of sp³-hybridized carbons (Fsp3) is 0.400. The number of benzene rings is 1. The van der Waals surface area contributed by atoms with Gasteiger partial charge in [-0.2, -0.15) is 0 Å². The van der Waals surface area contributed by atoms with Gasteiger partial charge in [0.05, 0.1) is 12.7 Å². The van der Waals surface area contributed by atoms with Crippen LogP contribution in [0.5, 0.6) is 5.75 Å². The summed E-state index contributed by atoms with van der Waals surface area (Å²) < 4.78 is 29.8. The average Bonchev–Trinajstić information content (AvgIpc) is 2.08. The summed E-state index contributed by atoms with van der Waals surface area (Å²) in [6.07, 6.45) is -2.48. The first-order chi connectivity index (χ1) is 6.06. The van der Waals surface area contributed by atoms with Gasteiger partial charge in [-0.3, -0.25) is 0 Å². The average molecular weight is 186 g/mol. The van der Waals surface area contributed by atoms with Gasteiger partial charge in [-0.05, 0) is 37.1 Å². The molecule has 0 aliphatic carbocycles. The molecule has 1 rings (SSSR count). The summed E-state index contributed by atoms with van der Waals surface area (Å²) in [6, 6.07) is 3.11. The maximum atomic E-state index is 12.4. The number of ether oxygens (including phenoxy) is 1. The molecule has 0 radical (unpaired) electrons. The largest absolute Gasteiger partial charge is 0.496 e. The molecule has 3 heteroatoms. The molecular weight excluding hydrogens is 174 g/mol. The van der Waals surface area contributed by atoms with Gasteiger partial charge in [-0.15, -0.1) is 0 Å². The van der Waals surface area contributed by atoms with Gasteiger partial charge in [0.2, 0.25) is 0 Å². The first-order valence-electron chi connectivity index (χ1n) is 3.99. The maximum absolute atomic E-state index is 12.4. The second-order valence-corrected chi connectivity index (χ2v) is 2.98. The first-order valence-corrected chi connectivity index (χ1v) is 3.99. The molecule has 0 spiro atoms. The Morgan fingerprint density at radius 1 is 1.15 bits per heavy atom. The molecule has 0 heterocycles. The number of rotatable bonds is 2. The van der Waals surface area contributed by atoms with Crippen LogP contribution in [0.2, 0.25) is 0 Å². The Morgan fingerprint density at radius 3 is 2.15 bits per heavy atom. The predicted molar refractivity (Wildman–Crippen MR) is 47.4 cm³/mol. The molecule has 1 aromatic carbocycles. The van der Waals surface area contributed by atoms with Gasteiger partial charge in [0.25, 0.3) is 6.43 Å². The third-order valence-corrected chi connectivity index (χ3v) is 2.08. The van der Waals surface area contributed by atoms with Gasteiger partial charge in [0, 0.05) is 0 Å². The van der Waals surface area contributed by atoms with Crippen LogP contribution in [0.4, 0.5) is 8.78 Å². The summed E-state index contributed by atoms with van der Waals surface area (Å²) in [4.78, 5) is 0. The molecule has 0 N–H and O–H groups in total. The van der Waals surface area contributed by atoms with E-state index in [0.717, 1.165) is 11.1 Å². The predicted octanol–water partition coefficient (Wildman–Crippen LogP) is 3.25. The summed E-state index contributed by atoms with van der Waals surface area (Å²) in [5.41, 5.74) is 1.78. The third kappa shape index (κ3) is 1.97. The van der Waals surface area contributed by atoms with Crippen molar-refractivity contribution in [3.8, 4) is 5.75 Å². The Labute approximate surface area is 76.3 Å². The van der Waals surface area contributed by atoms with E-state index in [1.807, 2.05) is 6.92 Å². The van der Waals surface area contributed by atoms with E-state index in [1.165, 1.54) is 13.2 Å². The molecule has 0 fully saturated rings. The van der Waals surface area contributed by atoms with E-state index in [2.05, 4.69) is 0 Å². The van der Waals surface area contributed by atoms with Crippen LogP contribution in [0.3, 0.4) is 0 Å². The summed E-state index contributed by atoms with van der Waals surface area (Å²) in [5, 5.41) is 0. The zero-order valence-electron chi connectivity index (χ0n) is 7.90. The maximum Gasteiger partial charge on any atom is 0.267 e. The van der Waals surface area contributed by atoms with Crippen molar-refractivity contribution in [3.63, 3.8) is 0 Å². The molecule has 13 heavy (non-hydrogen) atoms. The van der Waals surface area contributed by atoms with E-state index in [4.69, 9.17) is 4.74 Å². The molecule has 0 unspecified atom stereocenters. The van der Waals surface area contributed by atoms with Crippen molar-refractivity contribution in [1.29, 1.82) is 0 Å². The molecular formula is C10H12F2O. The molecule has 72 valence electrons. The van der Waals surface area contributed by atoms with Crippen molar-refractivity contribution in [3.05, 3.63) is 28.8 Å². The van der Waals surface area contributed by atoms with Crippen molar-refractivity contribution in [2.75, 3.05) is 7.11 Å². The van der Waals surface area contributed by atoms with E-state index in [-0.39, 0.29) is 11.3 Å². The van der Waals surface area contributed by atoms with Crippen LogP contribution in [0, 0.1) is 13.8 Å². The lowest BCUT2D eigenvalue weighted by Crippen LogP contribution is -1.95. The lowest BCUT2D eigenvalue weighted by atomic mass is 10.1. The van der Waals surface area contributed by atoms with Crippen LogP contribution < -0.4 is 4.74 Å². The van der Waals surface area contributed by atoms with E-state index in [1.54, 1.807) is 13.0 Å². The van der Waals surface area contributed by atoms with E-state index < -0.39 is 6.43 Å². The fourth-order valence-corrected chi connectivity index (χ4v) is 1.16. The van der Waals surface area contributed by atoms with Gasteiger partial charge in [0.1, 0.15) is 5.75 Å². The highest BCUT2D eigenvalue weighted by molar-refractivity contribution is 5.42. The lowest BCUT2D eigenvalue weighted by Gasteiger charge is -2.10. The SMILES string of the molecule is COc1cc(C)c(C)cc1C(F)F. The molecule has 1 aromatic rings. The third-order valence-electron chi connectivity index (χ3n) is 2.08. The minimum absolute atomic E-state index is 0.0365. The molecule has 0 saturated carbocycles. The highest BCUT2D eigenvalue weighted by Crippen LogP contribution is 2.31. The molecule has 0 aromatic heterocycles. The van der Waals surface area contributed by atoms with Crippen LogP contribution in [0.1, 0.15) is 23.1 Å². The van der Waals surface area contributed by atoms with Crippen molar-refractivity contribution in [2.45, 2.75) is 20.3 Å². The highest BCUT2D eigenvalue weighted by atomic mass is 19.3. The van der Waals surface area contributed by atoms with Crippen molar-refractivity contribution >= 4 is 0 Å². The normalized spacial score (nSPS) is 10.6. The van der Waals surface area contributed by atoms with Gasteiger partial charge < -0.3 is 4.74 Å². The topological polar surface area (TPSA) is 9.23 Å². The number of halogens is 2. The van der Waals surface area contributed by atoms with Gasteiger partial charge in [0.15, 0.2) is 0 Å². The summed E-state index contributed by atoms with van der Waals surface area (Å²) in [6.45, 7) is 3.67. The monoisotopic (exact) mass is 186 g/mol.